The third kappa shape index (κ3) is 3.38. The SMILES string of the molecule is C=CCOc1ccc(-c2nn(C3CCc4ccccc4C3)c3ncnc(N)c23)cc1O. The number of anilines is 1. The molecule has 0 spiro atoms. The van der Waals surface area contributed by atoms with Gasteiger partial charge >= 0.3 is 0 Å². The van der Waals surface area contributed by atoms with Gasteiger partial charge in [0.2, 0.25) is 0 Å². The fourth-order valence-corrected chi connectivity index (χ4v) is 4.27. The molecule has 0 fully saturated rings. The largest absolute Gasteiger partial charge is 0.504 e. The highest BCUT2D eigenvalue weighted by Crippen LogP contribution is 2.38. The van der Waals surface area contributed by atoms with Crippen molar-refractivity contribution in [3.8, 4) is 22.8 Å². The number of aryl methyl sites for hydroxylation is 1. The zero-order valence-corrected chi connectivity index (χ0v) is 17.0. The van der Waals surface area contributed by atoms with Crippen LogP contribution in [0.4, 0.5) is 5.82 Å². The predicted octanol–water partition coefficient (Wildman–Crippen LogP) is 4.08. The summed E-state index contributed by atoms with van der Waals surface area (Å²) in [6.45, 7) is 3.94. The van der Waals surface area contributed by atoms with Crippen LogP contribution in [0.3, 0.4) is 0 Å². The van der Waals surface area contributed by atoms with Crippen LogP contribution in [0.15, 0.2) is 61.4 Å². The molecule has 4 aromatic rings. The second-order valence-corrected chi connectivity index (χ2v) is 7.70. The third-order valence-electron chi connectivity index (χ3n) is 5.77. The second kappa shape index (κ2) is 7.75. The zero-order chi connectivity index (χ0) is 21.4. The van der Waals surface area contributed by atoms with Crippen molar-refractivity contribution in [1.82, 2.24) is 19.7 Å². The van der Waals surface area contributed by atoms with Crippen molar-refractivity contribution in [2.24, 2.45) is 0 Å². The van der Waals surface area contributed by atoms with Gasteiger partial charge in [0.1, 0.15) is 24.4 Å². The van der Waals surface area contributed by atoms with Crippen molar-refractivity contribution in [3.05, 3.63) is 72.6 Å². The summed E-state index contributed by atoms with van der Waals surface area (Å²) in [5, 5.41) is 16.0. The lowest BCUT2D eigenvalue weighted by molar-refractivity contribution is 0.336. The molecule has 7 heteroatoms. The van der Waals surface area contributed by atoms with Gasteiger partial charge in [0.15, 0.2) is 17.1 Å². The van der Waals surface area contributed by atoms with E-state index in [2.05, 4.69) is 40.8 Å². The van der Waals surface area contributed by atoms with Gasteiger partial charge in [-0.05, 0) is 48.6 Å². The van der Waals surface area contributed by atoms with Gasteiger partial charge in [0.25, 0.3) is 0 Å². The summed E-state index contributed by atoms with van der Waals surface area (Å²) in [4.78, 5) is 8.69. The molecule has 7 nitrogen and oxygen atoms in total. The van der Waals surface area contributed by atoms with Crippen molar-refractivity contribution >= 4 is 16.9 Å². The van der Waals surface area contributed by atoms with Crippen LogP contribution in [0.25, 0.3) is 22.3 Å². The molecule has 2 heterocycles. The average Bonchev–Trinajstić information content (AvgIpc) is 3.19. The second-order valence-electron chi connectivity index (χ2n) is 7.70. The van der Waals surface area contributed by atoms with E-state index in [9.17, 15) is 5.11 Å². The fraction of sp³-hybridized carbons (Fsp3) is 0.208. The van der Waals surface area contributed by atoms with Crippen LogP contribution < -0.4 is 10.5 Å². The predicted molar refractivity (Wildman–Crippen MR) is 120 cm³/mol. The normalized spacial score (nSPS) is 15.5. The number of nitrogens with two attached hydrogens (primary N) is 1. The van der Waals surface area contributed by atoms with E-state index >= 15 is 0 Å². The number of phenolic OH excluding ortho intramolecular Hbond substituents is 1. The molecule has 0 bridgehead atoms. The molecule has 1 aliphatic carbocycles. The Kier molecular flexibility index (Phi) is 4.78. The summed E-state index contributed by atoms with van der Waals surface area (Å²) < 4.78 is 7.45. The van der Waals surface area contributed by atoms with E-state index in [-0.39, 0.29) is 11.8 Å². The van der Waals surface area contributed by atoms with Gasteiger partial charge in [-0.25, -0.2) is 14.6 Å². The van der Waals surface area contributed by atoms with Gasteiger partial charge in [-0.15, -0.1) is 0 Å². The molecular weight excluding hydrogens is 390 g/mol. The molecule has 0 saturated heterocycles. The number of hydrogen-bond acceptors (Lipinski definition) is 6. The summed E-state index contributed by atoms with van der Waals surface area (Å²) in [5.74, 6) is 0.790. The maximum atomic E-state index is 10.4. The number of hydrogen-bond donors (Lipinski definition) is 2. The fourth-order valence-electron chi connectivity index (χ4n) is 4.27. The van der Waals surface area contributed by atoms with E-state index in [1.54, 1.807) is 18.2 Å². The first-order valence-corrected chi connectivity index (χ1v) is 10.3. The number of nitrogens with zero attached hydrogens (tertiary/aromatic N) is 4. The highest BCUT2D eigenvalue weighted by molar-refractivity contribution is 5.98. The molecule has 2 aromatic carbocycles. The average molecular weight is 413 g/mol. The molecular formula is C24H23N5O2. The molecule has 1 unspecified atom stereocenters. The third-order valence-corrected chi connectivity index (χ3v) is 5.77. The monoisotopic (exact) mass is 413 g/mol. The van der Waals surface area contributed by atoms with Crippen LogP contribution in [-0.4, -0.2) is 31.5 Å². The number of nitrogen functional groups attached to an aromatic ring is 1. The van der Waals surface area contributed by atoms with Gasteiger partial charge in [-0.2, -0.15) is 5.10 Å². The first-order valence-electron chi connectivity index (χ1n) is 10.3. The van der Waals surface area contributed by atoms with Crippen molar-refractivity contribution < 1.29 is 9.84 Å². The summed E-state index contributed by atoms with van der Waals surface area (Å²) in [6.07, 6.45) is 5.95. The smallest absolute Gasteiger partial charge is 0.164 e. The molecule has 156 valence electrons. The van der Waals surface area contributed by atoms with E-state index in [0.29, 0.717) is 34.9 Å². The lowest BCUT2D eigenvalue weighted by atomic mass is 9.88. The Hall–Kier alpha value is -3.87. The van der Waals surface area contributed by atoms with Gasteiger partial charge in [-0.1, -0.05) is 36.9 Å². The Bertz CT molecular complexity index is 1280. The van der Waals surface area contributed by atoms with Gasteiger partial charge in [-0.3, -0.25) is 0 Å². The van der Waals surface area contributed by atoms with Crippen LogP contribution in [0.5, 0.6) is 11.5 Å². The topological polar surface area (TPSA) is 99.1 Å². The van der Waals surface area contributed by atoms with E-state index in [0.717, 1.165) is 24.8 Å². The first-order chi connectivity index (χ1) is 15.2. The summed E-state index contributed by atoms with van der Waals surface area (Å²) in [6, 6.07) is 13.9. The van der Waals surface area contributed by atoms with Crippen LogP contribution in [-0.2, 0) is 12.8 Å². The molecule has 31 heavy (non-hydrogen) atoms. The molecule has 0 radical (unpaired) electrons. The quantitative estimate of drug-likeness (QED) is 0.479. The van der Waals surface area contributed by atoms with Crippen LogP contribution in [0.2, 0.25) is 0 Å². The summed E-state index contributed by atoms with van der Waals surface area (Å²) in [7, 11) is 0. The first kappa shape index (κ1) is 19.1. The minimum Gasteiger partial charge on any atom is -0.504 e. The summed E-state index contributed by atoms with van der Waals surface area (Å²) >= 11 is 0. The molecule has 3 N–H and O–H groups in total. The lowest BCUT2D eigenvalue weighted by Crippen LogP contribution is -2.20. The van der Waals surface area contributed by atoms with Crippen LogP contribution in [0, 0.1) is 0 Å². The summed E-state index contributed by atoms with van der Waals surface area (Å²) in [5.41, 5.74) is 11.1. The van der Waals surface area contributed by atoms with Gasteiger partial charge in [0.05, 0.1) is 11.4 Å². The molecule has 0 saturated carbocycles. The van der Waals surface area contributed by atoms with Gasteiger partial charge in [0, 0.05) is 5.56 Å². The van der Waals surface area contributed by atoms with E-state index in [1.165, 1.54) is 17.5 Å². The maximum Gasteiger partial charge on any atom is 0.164 e. The number of rotatable bonds is 5. The number of ether oxygens (including phenoxy) is 1. The van der Waals surface area contributed by atoms with E-state index in [4.69, 9.17) is 15.6 Å². The molecule has 5 rings (SSSR count). The Labute approximate surface area is 179 Å². The number of phenols is 1. The highest BCUT2D eigenvalue weighted by Gasteiger charge is 2.26. The molecule has 1 atom stereocenters. The van der Waals surface area contributed by atoms with Gasteiger partial charge < -0.3 is 15.6 Å². The molecule has 0 amide bonds. The van der Waals surface area contributed by atoms with E-state index in [1.807, 2.05) is 10.7 Å². The van der Waals surface area contributed by atoms with Crippen molar-refractivity contribution in [1.29, 1.82) is 0 Å². The Morgan fingerprint density at radius 1 is 1.19 bits per heavy atom. The minimum absolute atomic E-state index is 0.0315. The van der Waals surface area contributed by atoms with Crippen molar-refractivity contribution in [2.45, 2.75) is 25.3 Å². The molecule has 2 aromatic heterocycles. The maximum absolute atomic E-state index is 10.4. The van der Waals surface area contributed by atoms with Crippen LogP contribution in [0.1, 0.15) is 23.6 Å². The van der Waals surface area contributed by atoms with Crippen LogP contribution >= 0.6 is 0 Å². The Morgan fingerprint density at radius 3 is 2.84 bits per heavy atom. The zero-order valence-electron chi connectivity index (χ0n) is 17.0. The number of fused-ring (bicyclic) bond motifs is 2. The van der Waals surface area contributed by atoms with Crippen molar-refractivity contribution in [2.75, 3.05) is 12.3 Å². The minimum atomic E-state index is 0.0315. The molecule has 1 aliphatic rings. The molecule has 0 aliphatic heterocycles. The number of benzene rings is 2. The standard InChI is InChI=1S/C24H23N5O2/c1-2-11-31-20-10-8-17(13-19(20)30)22-21-23(25)26-14-27-24(21)29(28-22)18-9-7-15-5-3-4-6-16(15)12-18/h2-6,8,10,13-14,18,30H,1,7,9,11-12H2,(H2,25,26,27). The number of aromatic hydroxyl groups is 1. The van der Waals surface area contributed by atoms with Crippen molar-refractivity contribution in [3.63, 3.8) is 0 Å². The number of aromatic nitrogens is 4. The highest BCUT2D eigenvalue weighted by atomic mass is 16.5. The van der Waals surface area contributed by atoms with E-state index < -0.39 is 0 Å². The lowest BCUT2D eigenvalue weighted by Gasteiger charge is -2.25. The Balaban J connectivity index is 1.59. The Morgan fingerprint density at radius 2 is 2.03 bits per heavy atom.